The van der Waals surface area contributed by atoms with Gasteiger partial charge in [0, 0.05) is 36.8 Å². The first-order valence-electron chi connectivity index (χ1n) is 10.0. The molecule has 0 radical (unpaired) electrons. The number of nitrogens with one attached hydrogen (secondary N) is 1. The molecule has 1 N–H and O–H groups in total. The molecule has 5 nitrogen and oxygen atoms in total. The number of carbonyl (C=O) groups is 1. The third kappa shape index (κ3) is 3.37. The largest absolute Gasteiger partial charge is 0.493 e. The molecule has 5 rings (SSSR count). The monoisotopic (exact) mass is 381 g/mol. The Balaban J connectivity index is 1.37. The minimum absolute atomic E-state index is 0.0300. The second-order valence-electron chi connectivity index (χ2n) is 8.14. The summed E-state index contributed by atoms with van der Waals surface area (Å²) in [6.07, 6.45) is 4.22. The van der Waals surface area contributed by atoms with Crippen molar-refractivity contribution in [2.75, 3.05) is 19.7 Å². The SMILES string of the molecule is O=C(NCc1ccccn1)[C@@H]1CN(CC2CC2)[C@H]2c3cc(F)ccc3OC[C@@H]12. The summed E-state index contributed by atoms with van der Waals surface area (Å²) in [4.78, 5) is 19.7. The van der Waals surface area contributed by atoms with Gasteiger partial charge in [0.25, 0.3) is 0 Å². The summed E-state index contributed by atoms with van der Waals surface area (Å²) in [5.41, 5.74) is 1.73. The molecule has 2 aliphatic heterocycles. The molecule has 3 atom stereocenters. The van der Waals surface area contributed by atoms with Crippen LogP contribution in [0, 0.1) is 23.6 Å². The number of hydrogen-bond donors (Lipinski definition) is 1. The Morgan fingerprint density at radius 1 is 1.29 bits per heavy atom. The van der Waals surface area contributed by atoms with E-state index in [1.54, 1.807) is 18.3 Å². The number of aromatic nitrogens is 1. The Bertz CT molecular complexity index is 871. The van der Waals surface area contributed by atoms with Crippen molar-refractivity contribution in [1.82, 2.24) is 15.2 Å². The summed E-state index contributed by atoms with van der Waals surface area (Å²) in [7, 11) is 0. The van der Waals surface area contributed by atoms with Gasteiger partial charge in [-0.05, 0) is 49.1 Å². The first-order chi connectivity index (χ1) is 13.7. The lowest BCUT2D eigenvalue weighted by atomic mass is 9.85. The molecule has 1 aromatic carbocycles. The summed E-state index contributed by atoms with van der Waals surface area (Å²) in [5, 5.41) is 3.04. The van der Waals surface area contributed by atoms with E-state index in [4.69, 9.17) is 4.74 Å². The minimum atomic E-state index is -0.252. The van der Waals surface area contributed by atoms with E-state index < -0.39 is 0 Å². The van der Waals surface area contributed by atoms with Crippen LogP contribution in [0.15, 0.2) is 42.6 Å². The standard InChI is InChI=1S/C22H24FN3O2/c23-15-6-7-20-17(9-15)21-19(13-28-20)18(12-26(21)11-14-4-5-14)22(27)25-10-16-3-1-2-8-24-16/h1-3,6-9,14,18-19,21H,4-5,10-13H2,(H,25,27)/t18-,19+,21+/m1/s1. The van der Waals surface area contributed by atoms with Crippen LogP contribution in [0.2, 0.25) is 0 Å². The van der Waals surface area contributed by atoms with Gasteiger partial charge in [0.2, 0.25) is 5.91 Å². The lowest BCUT2D eigenvalue weighted by Gasteiger charge is -2.34. The van der Waals surface area contributed by atoms with Crippen molar-refractivity contribution in [3.63, 3.8) is 0 Å². The lowest BCUT2D eigenvalue weighted by Crippen LogP contribution is -2.38. The van der Waals surface area contributed by atoms with E-state index in [-0.39, 0.29) is 29.6 Å². The zero-order chi connectivity index (χ0) is 19.1. The zero-order valence-electron chi connectivity index (χ0n) is 15.7. The van der Waals surface area contributed by atoms with Crippen LogP contribution < -0.4 is 10.1 Å². The number of fused-ring (bicyclic) bond motifs is 3. The molecular formula is C22H24FN3O2. The molecule has 1 saturated heterocycles. The van der Waals surface area contributed by atoms with Gasteiger partial charge in [-0.2, -0.15) is 0 Å². The average Bonchev–Trinajstić information content (AvgIpc) is 3.45. The van der Waals surface area contributed by atoms with Gasteiger partial charge in [-0.3, -0.25) is 14.7 Å². The Morgan fingerprint density at radius 2 is 2.18 bits per heavy atom. The number of rotatable bonds is 5. The van der Waals surface area contributed by atoms with Crippen LogP contribution in [-0.4, -0.2) is 35.5 Å². The number of hydrogen-bond acceptors (Lipinski definition) is 4. The Labute approximate surface area is 163 Å². The van der Waals surface area contributed by atoms with Gasteiger partial charge in [-0.1, -0.05) is 6.07 Å². The molecule has 2 aromatic rings. The summed E-state index contributed by atoms with van der Waals surface area (Å²) < 4.78 is 19.9. The first-order valence-corrected chi connectivity index (χ1v) is 10.0. The predicted octanol–water partition coefficient (Wildman–Crippen LogP) is 2.93. The highest BCUT2D eigenvalue weighted by Gasteiger charge is 2.49. The molecule has 0 unspecified atom stereocenters. The van der Waals surface area contributed by atoms with Gasteiger partial charge in [0.1, 0.15) is 11.6 Å². The van der Waals surface area contributed by atoms with E-state index in [0.29, 0.717) is 25.6 Å². The number of halogens is 1. The Kier molecular flexibility index (Phi) is 4.51. The Hall–Kier alpha value is -2.47. The summed E-state index contributed by atoms with van der Waals surface area (Å²) in [6.45, 7) is 2.58. The van der Waals surface area contributed by atoms with Gasteiger partial charge >= 0.3 is 0 Å². The normalized spacial score (nSPS) is 26.2. The number of likely N-dealkylation sites (tertiary alicyclic amines) is 1. The quantitative estimate of drug-likeness (QED) is 0.865. The predicted molar refractivity (Wildman–Crippen MR) is 102 cm³/mol. The highest BCUT2D eigenvalue weighted by atomic mass is 19.1. The highest BCUT2D eigenvalue weighted by molar-refractivity contribution is 5.80. The molecule has 1 aromatic heterocycles. The van der Waals surface area contributed by atoms with Crippen LogP contribution in [0.1, 0.15) is 30.1 Å². The van der Waals surface area contributed by atoms with Crippen molar-refractivity contribution in [2.24, 2.45) is 17.8 Å². The van der Waals surface area contributed by atoms with E-state index in [2.05, 4.69) is 15.2 Å². The Morgan fingerprint density at radius 3 is 2.96 bits per heavy atom. The summed E-state index contributed by atoms with van der Waals surface area (Å²) in [6, 6.07) is 10.5. The van der Waals surface area contributed by atoms with Crippen molar-refractivity contribution in [3.05, 3.63) is 59.7 Å². The number of ether oxygens (including phenoxy) is 1. The van der Waals surface area contributed by atoms with Gasteiger partial charge in [0.15, 0.2) is 0 Å². The average molecular weight is 381 g/mol. The van der Waals surface area contributed by atoms with Gasteiger partial charge < -0.3 is 10.1 Å². The maximum absolute atomic E-state index is 14.0. The molecule has 28 heavy (non-hydrogen) atoms. The topological polar surface area (TPSA) is 54.5 Å². The van der Waals surface area contributed by atoms with Gasteiger partial charge in [-0.15, -0.1) is 0 Å². The third-order valence-electron chi connectivity index (χ3n) is 6.17. The van der Waals surface area contributed by atoms with E-state index in [1.807, 2.05) is 18.2 Å². The molecule has 2 fully saturated rings. The molecule has 3 aliphatic rings. The van der Waals surface area contributed by atoms with Crippen LogP contribution in [-0.2, 0) is 11.3 Å². The molecule has 6 heteroatoms. The molecule has 1 amide bonds. The molecule has 146 valence electrons. The van der Waals surface area contributed by atoms with E-state index in [9.17, 15) is 9.18 Å². The maximum Gasteiger partial charge on any atom is 0.225 e. The van der Waals surface area contributed by atoms with Crippen molar-refractivity contribution >= 4 is 5.91 Å². The summed E-state index contributed by atoms with van der Waals surface area (Å²) in [5.74, 6) is 1.11. The number of amides is 1. The van der Waals surface area contributed by atoms with Gasteiger partial charge in [-0.25, -0.2) is 4.39 Å². The van der Waals surface area contributed by atoms with Crippen LogP contribution in [0.25, 0.3) is 0 Å². The fraction of sp³-hybridized carbons (Fsp3) is 0.455. The highest BCUT2D eigenvalue weighted by Crippen LogP contribution is 2.49. The van der Waals surface area contributed by atoms with Crippen LogP contribution in [0.5, 0.6) is 5.75 Å². The molecular weight excluding hydrogens is 357 g/mol. The smallest absolute Gasteiger partial charge is 0.225 e. The lowest BCUT2D eigenvalue weighted by molar-refractivity contribution is -0.126. The zero-order valence-corrected chi connectivity index (χ0v) is 15.7. The maximum atomic E-state index is 14.0. The first kappa shape index (κ1) is 17.6. The van der Waals surface area contributed by atoms with Crippen molar-refractivity contribution < 1.29 is 13.9 Å². The van der Waals surface area contributed by atoms with Crippen LogP contribution in [0.3, 0.4) is 0 Å². The molecule has 0 spiro atoms. The fourth-order valence-corrected chi connectivity index (χ4v) is 4.60. The number of benzene rings is 1. The molecule has 0 bridgehead atoms. The van der Waals surface area contributed by atoms with Gasteiger partial charge in [0.05, 0.1) is 24.8 Å². The van der Waals surface area contributed by atoms with E-state index >= 15 is 0 Å². The second-order valence-corrected chi connectivity index (χ2v) is 8.14. The minimum Gasteiger partial charge on any atom is -0.493 e. The van der Waals surface area contributed by atoms with Crippen LogP contribution in [0.4, 0.5) is 4.39 Å². The van der Waals surface area contributed by atoms with Crippen LogP contribution >= 0.6 is 0 Å². The number of pyridine rings is 1. The van der Waals surface area contributed by atoms with E-state index in [0.717, 1.165) is 23.6 Å². The number of nitrogens with zero attached hydrogens (tertiary/aromatic N) is 2. The third-order valence-corrected chi connectivity index (χ3v) is 6.17. The van der Waals surface area contributed by atoms with E-state index in [1.165, 1.54) is 18.9 Å². The molecule has 1 saturated carbocycles. The van der Waals surface area contributed by atoms with Crippen molar-refractivity contribution in [3.8, 4) is 5.75 Å². The fourth-order valence-electron chi connectivity index (χ4n) is 4.60. The van der Waals surface area contributed by atoms with Crippen molar-refractivity contribution in [2.45, 2.75) is 25.4 Å². The molecule has 3 heterocycles. The number of carbonyl (C=O) groups excluding carboxylic acids is 1. The van der Waals surface area contributed by atoms with Crippen molar-refractivity contribution in [1.29, 1.82) is 0 Å². The summed E-state index contributed by atoms with van der Waals surface area (Å²) >= 11 is 0. The second kappa shape index (κ2) is 7.17. The molecule has 1 aliphatic carbocycles.